The van der Waals surface area contributed by atoms with Gasteiger partial charge in [0, 0.05) is 23.9 Å². The van der Waals surface area contributed by atoms with Gasteiger partial charge in [-0.25, -0.2) is 9.67 Å². The lowest BCUT2D eigenvalue weighted by molar-refractivity contribution is -0.136. The molecule has 0 unspecified atom stereocenters. The third kappa shape index (κ3) is 3.18. The second kappa shape index (κ2) is 5.90. The number of aliphatic carboxylic acids is 1. The Morgan fingerprint density at radius 1 is 1.43 bits per heavy atom. The summed E-state index contributed by atoms with van der Waals surface area (Å²) in [6.45, 7) is 5.59. The number of rotatable bonds is 5. The van der Waals surface area contributed by atoms with Crippen molar-refractivity contribution in [3.05, 3.63) is 39.1 Å². The van der Waals surface area contributed by atoms with Crippen LogP contribution >= 0.6 is 0 Å². The zero-order chi connectivity index (χ0) is 15.6. The first-order valence-electron chi connectivity index (χ1n) is 6.80. The zero-order valence-corrected chi connectivity index (χ0v) is 12.3. The molecular weight excluding hydrogens is 272 g/mol. The molecule has 0 bridgehead atoms. The molecule has 112 valence electrons. The predicted octanol–water partition coefficient (Wildman–Crippen LogP) is 1.15. The maximum absolute atomic E-state index is 11.6. The first-order chi connectivity index (χ1) is 9.92. The summed E-state index contributed by atoms with van der Waals surface area (Å²) in [6.07, 6.45) is 1.11. The van der Waals surface area contributed by atoms with E-state index in [1.54, 1.807) is 4.68 Å². The number of aromatic nitrogens is 4. The summed E-state index contributed by atoms with van der Waals surface area (Å²) in [4.78, 5) is 29.4. The number of carboxylic acids is 1. The Bertz CT molecular complexity index is 730. The van der Waals surface area contributed by atoms with Crippen molar-refractivity contribution in [1.82, 2.24) is 19.7 Å². The van der Waals surface area contributed by atoms with Gasteiger partial charge in [-0.3, -0.25) is 14.6 Å². The molecular formula is C14H18N4O3. The fourth-order valence-corrected chi connectivity index (χ4v) is 2.25. The molecule has 0 fully saturated rings. The van der Waals surface area contributed by atoms with Crippen LogP contribution in [-0.4, -0.2) is 30.8 Å². The highest BCUT2D eigenvalue weighted by atomic mass is 16.4. The molecule has 0 spiro atoms. The molecule has 21 heavy (non-hydrogen) atoms. The second-order valence-corrected chi connectivity index (χ2v) is 4.87. The second-order valence-electron chi connectivity index (χ2n) is 4.87. The van der Waals surface area contributed by atoms with Crippen LogP contribution < -0.4 is 5.56 Å². The Hall–Kier alpha value is -2.44. The standard InChI is InChI=1S/C14H18N4O3/c1-4-10-7-12(19)16-14(15-10)18-9(3)11(8(2)17-18)5-6-13(20)21/h7H,4-6H2,1-3H3,(H,20,21)(H,15,16,19). The van der Waals surface area contributed by atoms with Gasteiger partial charge in [-0.1, -0.05) is 6.92 Å². The molecule has 2 aromatic heterocycles. The predicted molar refractivity (Wildman–Crippen MR) is 76.8 cm³/mol. The van der Waals surface area contributed by atoms with E-state index in [4.69, 9.17) is 5.11 Å². The third-order valence-electron chi connectivity index (χ3n) is 3.38. The summed E-state index contributed by atoms with van der Waals surface area (Å²) < 4.78 is 1.56. The minimum Gasteiger partial charge on any atom is -0.481 e. The molecule has 0 aromatic carbocycles. The molecule has 0 radical (unpaired) electrons. The molecule has 7 nitrogen and oxygen atoms in total. The normalized spacial score (nSPS) is 10.8. The van der Waals surface area contributed by atoms with Gasteiger partial charge in [-0.2, -0.15) is 5.10 Å². The summed E-state index contributed by atoms with van der Waals surface area (Å²) in [6, 6.07) is 1.46. The molecule has 2 N–H and O–H groups in total. The van der Waals surface area contributed by atoms with Gasteiger partial charge in [-0.05, 0) is 32.3 Å². The highest BCUT2D eigenvalue weighted by Crippen LogP contribution is 2.17. The Morgan fingerprint density at radius 2 is 2.14 bits per heavy atom. The molecule has 0 aliphatic heterocycles. The fraction of sp³-hybridized carbons (Fsp3) is 0.429. The SMILES string of the molecule is CCc1cc(=O)[nH]c(-n2nc(C)c(CCC(=O)O)c2C)n1. The smallest absolute Gasteiger partial charge is 0.303 e. The molecule has 0 aliphatic rings. The maximum Gasteiger partial charge on any atom is 0.303 e. The van der Waals surface area contributed by atoms with E-state index < -0.39 is 5.97 Å². The molecule has 0 saturated heterocycles. The van der Waals surface area contributed by atoms with Gasteiger partial charge in [0.15, 0.2) is 0 Å². The van der Waals surface area contributed by atoms with Gasteiger partial charge in [0.25, 0.3) is 5.56 Å². The van der Waals surface area contributed by atoms with E-state index in [2.05, 4.69) is 15.1 Å². The number of hydrogen-bond donors (Lipinski definition) is 2. The van der Waals surface area contributed by atoms with Crippen LogP contribution in [0, 0.1) is 13.8 Å². The number of carbonyl (C=O) groups is 1. The maximum atomic E-state index is 11.6. The van der Waals surface area contributed by atoms with Crippen molar-refractivity contribution >= 4 is 5.97 Å². The van der Waals surface area contributed by atoms with Crippen LogP contribution in [-0.2, 0) is 17.6 Å². The summed E-state index contributed by atoms with van der Waals surface area (Å²) in [5.74, 6) is -0.484. The average Bonchev–Trinajstić information content (AvgIpc) is 2.71. The van der Waals surface area contributed by atoms with Crippen molar-refractivity contribution in [2.45, 2.75) is 40.0 Å². The van der Waals surface area contributed by atoms with E-state index >= 15 is 0 Å². The topological polar surface area (TPSA) is 101 Å². The molecule has 0 aliphatic carbocycles. The lowest BCUT2D eigenvalue weighted by atomic mass is 10.1. The van der Waals surface area contributed by atoms with E-state index in [0.717, 1.165) is 17.0 Å². The Balaban J connectivity index is 2.46. The quantitative estimate of drug-likeness (QED) is 0.860. The van der Waals surface area contributed by atoms with E-state index in [9.17, 15) is 9.59 Å². The van der Waals surface area contributed by atoms with Crippen LogP contribution in [0.2, 0.25) is 0 Å². The fourth-order valence-electron chi connectivity index (χ4n) is 2.25. The number of aryl methyl sites for hydroxylation is 2. The van der Waals surface area contributed by atoms with Crippen LogP contribution in [0.3, 0.4) is 0 Å². The van der Waals surface area contributed by atoms with Crippen LogP contribution in [0.5, 0.6) is 0 Å². The van der Waals surface area contributed by atoms with E-state index in [0.29, 0.717) is 24.5 Å². The Kier molecular flexibility index (Phi) is 4.21. The monoisotopic (exact) mass is 290 g/mol. The van der Waals surface area contributed by atoms with E-state index in [1.165, 1.54) is 6.07 Å². The summed E-state index contributed by atoms with van der Waals surface area (Å²) >= 11 is 0. The number of nitrogens with one attached hydrogen (secondary N) is 1. The lowest BCUT2D eigenvalue weighted by Gasteiger charge is -2.05. The van der Waals surface area contributed by atoms with Crippen LogP contribution in [0.1, 0.15) is 36.0 Å². The number of H-pyrrole nitrogens is 1. The Labute approximate surface area is 121 Å². The first kappa shape index (κ1) is 15.0. The molecule has 2 heterocycles. The molecule has 2 rings (SSSR count). The van der Waals surface area contributed by atoms with Gasteiger partial charge in [-0.15, -0.1) is 0 Å². The average molecular weight is 290 g/mol. The number of hydrogen-bond acceptors (Lipinski definition) is 4. The van der Waals surface area contributed by atoms with Crippen molar-refractivity contribution in [3.8, 4) is 5.95 Å². The zero-order valence-electron chi connectivity index (χ0n) is 12.3. The molecule has 7 heteroatoms. The first-order valence-corrected chi connectivity index (χ1v) is 6.80. The Morgan fingerprint density at radius 3 is 2.76 bits per heavy atom. The summed E-state index contributed by atoms with van der Waals surface area (Å²) in [7, 11) is 0. The van der Waals surface area contributed by atoms with Crippen molar-refractivity contribution in [2.75, 3.05) is 0 Å². The van der Waals surface area contributed by atoms with Gasteiger partial charge in [0.05, 0.1) is 5.69 Å². The summed E-state index contributed by atoms with van der Waals surface area (Å²) in [5, 5.41) is 13.2. The van der Waals surface area contributed by atoms with Crippen LogP contribution in [0.4, 0.5) is 0 Å². The van der Waals surface area contributed by atoms with Gasteiger partial charge in [0.1, 0.15) is 0 Å². The van der Waals surface area contributed by atoms with Crippen molar-refractivity contribution in [1.29, 1.82) is 0 Å². The minimum atomic E-state index is -0.846. The highest BCUT2D eigenvalue weighted by molar-refractivity contribution is 5.67. The highest BCUT2D eigenvalue weighted by Gasteiger charge is 2.15. The van der Waals surface area contributed by atoms with Crippen molar-refractivity contribution in [2.24, 2.45) is 0 Å². The van der Waals surface area contributed by atoms with Crippen LogP contribution in [0.15, 0.2) is 10.9 Å². The van der Waals surface area contributed by atoms with E-state index in [1.807, 2.05) is 20.8 Å². The lowest BCUT2D eigenvalue weighted by Crippen LogP contribution is -2.15. The van der Waals surface area contributed by atoms with Crippen LogP contribution in [0.25, 0.3) is 5.95 Å². The van der Waals surface area contributed by atoms with Gasteiger partial charge < -0.3 is 5.11 Å². The van der Waals surface area contributed by atoms with Gasteiger partial charge in [0.2, 0.25) is 5.95 Å². The molecule has 0 atom stereocenters. The molecule has 2 aromatic rings. The van der Waals surface area contributed by atoms with Gasteiger partial charge >= 0.3 is 5.97 Å². The number of aromatic amines is 1. The van der Waals surface area contributed by atoms with Crippen molar-refractivity contribution in [3.63, 3.8) is 0 Å². The third-order valence-corrected chi connectivity index (χ3v) is 3.38. The largest absolute Gasteiger partial charge is 0.481 e. The van der Waals surface area contributed by atoms with E-state index in [-0.39, 0.29) is 12.0 Å². The summed E-state index contributed by atoms with van der Waals surface area (Å²) in [5.41, 5.74) is 2.88. The number of nitrogens with zero attached hydrogens (tertiary/aromatic N) is 3. The minimum absolute atomic E-state index is 0.0479. The van der Waals surface area contributed by atoms with Crippen molar-refractivity contribution < 1.29 is 9.90 Å². The molecule has 0 amide bonds. The number of carboxylic acid groups (broad SMARTS) is 1. The molecule has 0 saturated carbocycles.